The lowest BCUT2D eigenvalue weighted by atomic mass is 10.1. The lowest BCUT2D eigenvalue weighted by Gasteiger charge is -2.09. The van der Waals surface area contributed by atoms with Crippen molar-refractivity contribution in [2.75, 3.05) is 11.9 Å². The molecule has 0 unspecified atom stereocenters. The topological polar surface area (TPSA) is 113 Å². The third kappa shape index (κ3) is 5.36. The molecule has 1 amide bonds. The van der Waals surface area contributed by atoms with E-state index >= 15 is 0 Å². The number of rotatable bonds is 8. The molecule has 0 aliphatic rings. The summed E-state index contributed by atoms with van der Waals surface area (Å²) in [6.07, 6.45) is 4.71. The van der Waals surface area contributed by atoms with Gasteiger partial charge in [-0.3, -0.25) is 4.79 Å². The minimum Gasteiger partial charge on any atom is -0.471 e. The van der Waals surface area contributed by atoms with Crippen LogP contribution in [0.2, 0.25) is 0 Å². The van der Waals surface area contributed by atoms with Crippen LogP contribution in [0.25, 0.3) is 16.9 Å². The van der Waals surface area contributed by atoms with Crippen LogP contribution in [0.15, 0.2) is 83.7 Å². The van der Waals surface area contributed by atoms with E-state index in [0.29, 0.717) is 22.8 Å². The van der Waals surface area contributed by atoms with Crippen LogP contribution in [0.5, 0.6) is 5.75 Å². The second kappa shape index (κ2) is 10.6. The smallest absolute Gasteiger partial charge is 0.343 e. The summed E-state index contributed by atoms with van der Waals surface area (Å²) in [6, 6.07) is 18.1. The molecular formula is C26H21BrN6O4. The normalized spacial score (nSPS) is 10.9. The molecule has 186 valence electrons. The van der Waals surface area contributed by atoms with Gasteiger partial charge in [-0.05, 0) is 55.5 Å². The summed E-state index contributed by atoms with van der Waals surface area (Å²) in [5.41, 5.74) is 2.98. The molecule has 5 rings (SSSR count). The minimum absolute atomic E-state index is 0.167. The average Bonchev–Trinajstić information content (AvgIpc) is 3.56. The summed E-state index contributed by atoms with van der Waals surface area (Å²) >= 11 is 3.39. The number of hydrogen-bond acceptors (Lipinski definition) is 7. The first kappa shape index (κ1) is 24.2. The number of fused-ring (bicyclic) bond motifs is 1. The molecule has 0 atom stereocenters. The number of amides is 1. The van der Waals surface area contributed by atoms with E-state index in [2.05, 4.69) is 36.4 Å². The molecule has 5 aromatic rings. The Bertz CT molecular complexity index is 1580. The highest BCUT2D eigenvalue weighted by Gasteiger charge is 2.17. The van der Waals surface area contributed by atoms with Gasteiger partial charge < -0.3 is 14.8 Å². The van der Waals surface area contributed by atoms with Crippen LogP contribution in [0.3, 0.4) is 0 Å². The molecule has 0 bridgehead atoms. The lowest BCUT2D eigenvalue weighted by molar-refractivity contribution is 0.0528. The van der Waals surface area contributed by atoms with Crippen molar-refractivity contribution >= 4 is 39.1 Å². The van der Waals surface area contributed by atoms with Gasteiger partial charge in [0.05, 0.1) is 18.5 Å². The average molecular weight is 561 g/mol. The number of anilines is 1. The first-order valence-electron chi connectivity index (χ1n) is 11.4. The Kier molecular flexibility index (Phi) is 6.95. The lowest BCUT2D eigenvalue weighted by Crippen LogP contribution is -2.14. The number of hydrogen-bond donors (Lipinski definition) is 1. The van der Waals surface area contributed by atoms with Gasteiger partial charge in [-0.25, -0.2) is 19.0 Å². The zero-order valence-corrected chi connectivity index (χ0v) is 21.3. The van der Waals surface area contributed by atoms with E-state index in [-0.39, 0.29) is 30.5 Å². The fourth-order valence-electron chi connectivity index (χ4n) is 3.64. The number of carbonyl (C=O) groups excluding carboxylic acids is 2. The molecule has 0 aliphatic heterocycles. The maximum absolute atomic E-state index is 12.8. The van der Waals surface area contributed by atoms with E-state index < -0.39 is 5.97 Å². The van der Waals surface area contributed by atoms with Crippen LogP contribution in [-0.4, -0.2) is 42.9 Å². The summed E-state index contributed by atoms with van der Waals surface area (Å²) in [4.78, 5) is 29.3. The van der Waals surface area contributed by atoms with Gasteiger partial charge >= 0.3 is 5.97 Å². The zero-order chi connectivity index (χ0) is 25.8. The molecule has 0 saturated heterocycles. The minimum atomic E-state index is -0.482. The number of aromatic nitrogens is 5. The Morgan fingerprint density at radius 1 is 1.08 bits per heavy atom. The Hall–Kier alpha value is -4.51. The molecule has 10 nitrogen and oxygen atoms in total. The van der Waals surface area contributed by atoms with Gasteiger partial charge in [0.1, 0.15) is 11.3 Å². The molecule has 0 saturated carbocycles. The van der Waals surface area contributed by atoms with Crippen LogP contribution in [0, 0.1) is 0 Å². The zero-order valence-electron chi connectivity index (χ0n) is 19.7. The first-order chi connectivity index (χ1) is 18.0. The largest absolute Gasteiger partial charge is 0.471 e. The van der Waals surface area contributed by atoms with E-state index in [9.17, 15) is 9.59 Å². The van der Waals surface area contributed by atoms with Crippen LogP contribution in [0.1, 0.15) is 27.8 Å². The van der Waals surface area contributed by atoms with E-state index in [1.165, 1.54) is 6.20 Å². The van der Waals surface area contributed by atoms with E-state index in [1.807, 2.05) is 42.5 Å². The fraction of sp³-hybridized carbons (Fsp3) is 0.115. The number of benzene rings is 2. The third-order valence-corrected chi connectivity index (χ3v) is 5.89. The number of nitrogens with zero attached hydrogens (tertiary/aromatic N) is 5. The van der Waals surface area contributed by atoms with E-state index in [1.54, 1.807) is 46.7 Å². The van der Waals surface area contributed by atoms with Crippen molar-refractivity contribution in [3.8, 4) is 17.0 Å². The summed E-state index contributed by atoms with van der Waals surface area (Å²) in [5.74, 6) is -0.147. The quantitative estimate of drug-likeness (QED) is 0.270. The standard InChI is InChI=1S/C26H21BrN6O4/c1-2-36-26(35)21-15-29-33-23(10-12-28-24(21)33)17-4-3-5-19(14-17)30-25(34)22-11-13-32(31-22)16-37-20-8-6-18(27)7-9-20/h3-15H,2,16H2,1H3,(H,30,34). The maximum Gasteiger partial charge on any atom is 0.343 e. The Balaban J connectivity index is 1.30. The summed E-state index contributed by atoms with van der Waals surface area (Å²) in [7, 11) is 0. The van der Waals surface area contributed by atoms with Crippen molar-refractivity contribution in [2.45, 2.75) is 13.7 Å². The Labute approximate surface area is 220 Å². The van der Waals surface area contributed by atoms with Gasteiger partial charge in [0, 0.05) is 28.1 Å². The van der Waals surface area contributed by atoms with Crippen molar-refractivity contribution in [1.82, 2.24) is 24.4 Å². The van der Waals surface area contributed by atoms with Gasteiger partial charge in [-0.15, -0.1) is 0 Å². The molecule has 11 heteroatoms. The second-order valence-electron chi connectivity index (χ2n) is 7.85. The van der Waals surface area contributed by atoms with Crippen molar-refractivity contribution in [3.05, 3.63) is 95.0 Å². The summed E-state index contributed by atoms with van der Waals surface area (Å²) < 4.78 is 14.9. The maximum atomic E-state index is 12.8. The van der Waals surface area contributed by atoms with Crippen LogP contribution < -0.4 is 10.1 Å². The third-order valence-electron chi connectivity index (χ3n) is 5.36. The molecular weight excluding hydrogens is 540 g/mol. The van der Waals surface area contributed by atoms with Crippen LogP contribution >= 0.6 is 15.9 Å². The van der Waals surface area contributed by atoms with Gasteiger partial charge in [0.2, 0.25) is 0 Å². The van der Waals surface area contributed by atoms with Crippen LogP contribution in [-0.2, 0) is 11.5 Å². The monoisotopic (exact) mass is 560 g/mol. The van der Waals surface area contributed by atoms with Crippen molar-refractivity contribution in [3.63, 3.8) is 0 Å². The molecule has 1 N–H and O–H groups in total. The van der Waals surface area contributed by atoms with E-state index in [4.69, 9.17) is 9.47 Å². The number of esters is 1. The van der Waals surface area contributed by atoms with Crippen molar-refractivity contribution < 1.29 is 19.1 Å². The Morgan fingerprint density at radius 3 is 2.73 bits per heavy atom. The summed E-state index contributed by atoms with van der Waals surface area (Å²) in [6.45, 7) is 2.17. The fourth-order valence-corrected chi connectivity index (χ4v) is 3.90. The summed E-state index contributed by atoms with van der Waals surface area (Å²) in [5, 5.41) is 11.5. The highest BCUT2D eigenvalue weighted by molar-refractivity contribution is 9.10. The second-order valence-corrected chi connectivity index (χ2v) is 8.76. The molecule has 3 aromatic heterocycles. The van der Waals surface area contributed by atoms with Gasteiger partial charge in [-0.1, -0.05) is 28.1 Å². The number of nitrogens with one attached hydrogen (secondary N) is 1. The predicted molar refractivity (Wildman–Crippen MR) is 139 cm³/mol. The van der Waals surface area contributed by atoms with Gasteiger partial charge in [0.15, 0.2) is 18.1 Å². The van der Waals surface area contributed by atoms with Crippen molar-refractivity contribution in [2.24, 2.45) is 0 Å². The SMILES string of the molecule is CCOC(=O)c1cnn2c(-c3cccc(NC(=O)c4ccn(COc5ccc(Br)cc5)n4)c3)ccnc12. The molecule has 0 fully saturated rings. The molecule has 0 aliphatic carbocycles. The van der Waals surface area contributed by atoms with E-state index in [0.717, 1.165) is 10.0 Å². The molecule has 2 aromatic carbocycles. The molecule has 37 heavy (non-hydrogen) atoms. The van der Waals surface area contributed by atoms with Gasteiger partial charge in [-0.2, -0.15) is 10.2 Å². The first-order valence-corrected chi connectivity index (χ1v) is 12.1. The highest BCUT2D eigenvalue weighted by atomic mass is 79.9. The highest BCUT2D eigenvalue weighted by Crippen LogP contribution is 2.24. The number of carbonyl (C=O) groups is 2. The molecule has 3 heterocycles. The van der Waals surface area contributed by atoms with Crippen LogP contribution in [0.4, 0.5) is 5.69 Å². The predicted octanol–water partition coefficient (Wildman–Crippen LogP) is 4.82. The van der Waals surface area contributed by atoms with Gasteiger partial charge in [0.25, 0.3) is 5.91 Å². The molecule has 0 radical (unpaired) electrons. The number of ether oxygens (including phenoxy) is 2. The number of halogens is 1. The molecule has 0 spiro atoms. The van der Waals surface area contributed by atoms with Crippen molar-refractivity contribution in [1.29, 1.82) is 0 Å². The Morgan fingerprint density at radius 2 is 1.92 bits per heavy atom.